The molecule has 2 rings (SSSR count). The first-order valence-electron chi connectivity index (χ1n) is 6.00. The van der Waals surface area contributed by atoms with Gasteiger partial charge in [0.05, 0.1) is 5.02 Å². The summed E-state index contributed by atoms with van der Waals surface area (Å²) in [7, 11) is 0. The van der Waals surface area contributed by atoms with Gasteiger partial charge in [-0.05, 0) is 37.8 Å². The highest BCUT2D eigenvalue weighted by molar-refractivity contribution is 6.42. The van der Waals surface area contributed by atoms with E-state index in [-0.39, 0.29) is 5.60 Å². The third-order valence-corrected chi connectivity index (χ3v) is 4.18. The lowest BCUT2D eigenvalue weighted by atomic mass is 9.84. The highest BCUT2D eigenvalue weighted by Gasteiger charge is 2.33. The summed E-state index contributed by atoms with van der Waals surface area (Å²) in [5.74, 6) is 0.645. The summed E-state index contributed by atoms with van der Waals surface area (Å²) < 4.78 is 6.06. The second kappa shape index (κ2) is 5.47. The predicted molar refractivity (Wildman–Crippen MR) is 72.0 cm³/mol. The molecule has 2 N–H and O–H groups in total. The molecule has 2 nitrogen and oxygen atoms in total. The maximum Gasteiger partial charge on any atom is 0.140 e. The van der Waals surface area contributed by atoms with Crippen LogP contribution in [-0.4, -0.2) is 12.1 Å². The molecular weight excluding hydrogens is 257 g/mol. The van der Waals surface area contributed by atoms with Crippen molar-refractivity contribution in [2.45, 2.75) is 37.7 Å². The quantitative estimate of drug-likeness (QED) is 0.903. The van der Waals surface area contributed by atoms with E-state index in [1.807, 2.05) is 12.1 Å². The summed E-state index contributed by atoms with van der Waals surface area (Å²) >= 11 is 12.1. The molecule has 0 atom stereocenters. The van der Waals surface area contributed by atoms with E-state index in [0.717, 1.165) is 25.7 Å². The summed E-state index contributed by atoms with van der Waals surface area (Å²) in [6.07, 6.45) is 5.57. The van der Waals surface area contributed by atoms with E-state index in [9.17, 15) is 0 Å². The Morgan fingerprint density at radius 2 is 1.88 bits per heavy atom. The molecule has 0 heterocycles. The number of benzene rings is 1. The molecular formula is C13H17Cl2NO. The van der Waals surface area contributed by atoms with E-state index in [4.69, 9.17) is 33.7 Å². The zero-order valence-corrected chi connectivity index (χ0v) is 11.2. The van der Waals surface area contributed by atoms with Crippen LogP contribution in [0.3, 0.4) is 0 Å². The third kappa shape index (κ3) is 2.87. The van der Waals surface area contributed by atoms with Crippen molar-refractivity contribution < 1.29 is 4.74 Å². The molecule has 0 unspecified atom stereocenters. The normalized spacial score (nSPS) is 19.0. The first kappa shape index (κ1) is 13.0. The lowest BCUT2D eigenvalue weighted by Crippen LogP contribution is -2.45. The predicted octanol–water partition coefficient (Wildman–Crippen LogP) is 4.03. The molecule has 17 heavy (non-hydrogen) atoms. The van der Waals surface area contributed by atoms with Crippen molar-refractivity contribution in [3.63, 3.8) is 0 Å². The fourth-order valence-electron chi connectivity index (χ4n) is 2.34. The van der Waals surface area contributed by atoms with Crippen molar-refractivity contribution in [3.05, 3.63) is 28.2 Å². The first-order valence-corrected chi connectivity index (χ1v) is 6.76. The van der Waals surface area contributed by atoms with E-state index < -0.39 is 0 Å². The van der Waals surface area contributed by atoms with E-state index in [2.05, 4.69) is 0 Å². The Morgan fingerprint density at radius 3 is 2.53 bits per heavy atom. The van der Waals surface area contributed by atoms with Gasteiger partial charge in [0.1, 0.15) is 16.4 Å². The summed E-state index contributed by atoms with van der Waals surface area (Å²) in [4.78, 5) is 0. The number of halogens is 2. The van der Waals surface area contributed by atoms with Gasteiger partial charge in [0.2, 0.25) is 0 Å². The van der Waals surface area contributed by atoms with Crippen LogP contribution in [-0.2, 0) is 0 Å². The fourth-order valence-corrected chi connectivity index (χ4v) is 2.67. The van der Waals surface area contributed by atoms with Crippen LogP contribution in [0.25, 0.3) is 0 Å². The fraction of sp³-hybridized carbons (Fsp3) is 0.538. The molecule has 4 heteroatoms. The smallest absolute Gasteiger partial charge is 0.140 e. The Balaban J connectivity index is 2.20. The van der Waals surface area contributed by atoms with Crippen LogP contribution in [0.5, 0.6) is 5.75 Å². The number of ether oxygens (including phenoxy) is 1. The van der Waals surface area contributed by atoms with Gasteiger partial charge in [0.25, 0.3) is 0 Å². The minimum Gasteiger partial charge on any atom is -0.484 e. The Labute approximate surface area is 112 Å². The highest BCUT2D eigenvalue weighted by Crippen LogP contribution is 2.37. The topological polar surface area (TPSA) is 35.2 Å². The second-order valence-electron chi connectivity index (χ2n) is 4.60. The lowest BCUT2D eigenvalue weighted by Gasteiger charge is -2.37. The highest BCUT2D eigenvalue weighted by atomic mass is 35.5. The average molecular weight is 274 g/mol. The Morgan fingerprint density at radius 1 is 1.18 bits per heavy atom. The molecule has 1 aliphatic rings. The number of nitrogens with two attached hydrogens (primary N) is 1. The molecule has 1 saturated carbocycles. The van der Waals surface area contributed by atoms with E-state index in [1.54, 1.807) is 6.07 Å². The summed E-state index contributed by atoms with van der Waals surface area (Å²) in [6.45, 7) is 0.524. The number of hydrogen-bond donors (Lipinski definition) is 1. The van der Waals surface area contributed by atoms with Crippen LogP contribution in [0.2, 0.25) is 10.0 Å². The molecule has 0 aliphatic heterocycles. The zero-order valence-electron chi connectivity index (χ0n) is 9.72. The molecule has 1 aromatic carbocycles. The Bertz CT molecular complexity index is 389. The molecule has 1 aromatic rings. The standard InChI is InChI=1S/C13H17Cl2NO/c14-10-5-4-6-11(12(10)15)17-13(9-16)7-2-1-3-8-13/h4-6H,1-3,7-9,16H2. The van der Waals surface area contributed by atoms with E-state index in [0.29, 0.717) is 22.3 Å². The average Bonchev–Trinajstić information content (AvgIpc) is 2.36. The van der Waals surface area contributed by atoms with Crippen LogP contribution in [0.4, 0.5) is 0 Å². The minimum atomic E-state index is -0.257. The van der Waals surface area contributed by atoms with E-state index in [1.165, 1.54) is 6.42 Å². The molecule has 0 radical (unpaired) electrons. The maximum absolute atomic E-state index is 6.13. The molecule has 0 saturated heterocycles. The van der Waals surface area contributed by atoms with E-state index >= 15 is 0 Å². The molecule has 0 amide bonds. The van der Waals surface area contributed by atoms with Gasteiger partial charge in [-0.15, -0.1) is 0 Å². The molecule has 0 spiro atoms. The van der Waals surface area contributed by atoms with Crippen LogP contribution in [0.15, 0.2) is 18.2 Å². The van der Waals surface area contributed by atoms with Gasteiger partial charge in [-0.3, -0.25) is 0 Å². The van der Waals surface area contributed by atoms with Gasteiger partial charge >= 0.3 is 0 Å². The third-order valence-electron chi connectivity index (χ3n) is 3.38. The monoisotopic (exact) mass is 273 g/mol. The van der Waals surface area contributed by atoms with Crippen LogP contribution in [0.1, 0.15) is 32.1 Å². The van der Waals surface area contributed by atoms with Crippen molar-refractivity contribution in [2.24, 2.45) is 5.73 Å². The molecule has 94 valence electrons. The van der Waals surface area contributed by atoms with Gasteiger partial charge in [0.15, 0.2) is 0 Å². The van der Waals surface area contributed by atoms with Crippen LogP contribution < -0.4 is 10.5 Å². The first-order chi connectivity index (χ1) is 8.17. The van der Waals surface area contributed by atoms with Gasteiger partial charge in [-0.25, -0.2) is 0 Å². The summed E-state index contributed by atoms with van der Waals surface area (Å²) in [6, 6.07) is 5.45. The van der Waals surface area contributed by atoms with Crippen molar-refractivity contribution in [1.82, 2.24) is 0 Å². The van der Waals surface area contributed by atoms with Crippen molar-refractivity contribution >= 4 is 23.2 Å². The van der Waals surface area contributed by atoms with Crippen molar-refractivity contribution in [2.75, 3.05) is 6.54 Å². The van der Waals surface area contributed by atoms with Gasteiger partial charge in [0, 0.05) is 6.54 Å². The molecule has 0 bridgehead atoms. The van der Waals surface area contributed by atoms with Gasteiger partial charge in [-0.2, -0.15) is 0 Å². The summed E-state index contributed by atoms with van der Waals surface area (Å²) in [5, 5.41) is 1.000. The van der Waals surface area contributed by atoms with Crippen molar-refractivity contribution in [3.8, 4) is 5.75 Å². The number of hydrogen-bond acceptors (Lipinski definition) is 2. The summed E-state index contributed by atoms with van der Waals surface area (Å²) in [5.41, 5.74) is 5.62. The Kier molecular flexibility index (Phi) is 4.18. The zero-order chi connectivity index (χ0) is 12.3. The number of rotatable bonds is 3. The molecule has 1 fully saturated rings. The van der Waals surface area contributed by atoms with Crippen LogP contribution >= 0.6 is 23.2 Å². The van der Waals surface area contributed by atoms with Crippen LogP contribution in [0, 0.1) is 0 Å². The molecule has 1 aliphatic carbocycles. The minimum absolute atomic E-state index is 0.257. The largest absolute Gasteiger partial charge is 0.484 e. The lowest BCUT2D eigenvalue weighted by molar-refractivity contribution is 0.0388. The SMILES string of the molecule is NCC1(Oc2cccc(Cl)c2Cl)CCCCC1. The van der Waals surface area contributed by atoms with Crippen molar-refractivity contribution in [1.29, 1.82) is 0 Å². The van der Waals surface area contributed by atoms with Gasteiger partial charge < -0.3 is 10.5 Å². The Hall–Kier alpha value is -0.440. The molecule has 0 aromatic heterocycles. The maximum atomic E-state index is 6.13. The second-order valence-corrected chi connectivity index (χ2v) is 5.39. The van der Waals surface area contributed by atoms with Gasteiger partial charge in [-0.1, -0.05) is 35.7 Å².